The molecule has 0 aliphatic rings. The predicted octanol–water partition coefficient (Wildman–Crippen LogP) is -1.66. The molecule has 0 saturated heterocycles. The van der Waals surface area contributed by atoms with Gasteiger partial charge in [0, 0.05) is 11.9 Å². The van der Waals surface area contributed by atoms with Crippen LogP contribution in [0.25, 0.3) is 0 Å². The zero-order valence-electron chi connectivity index (χ0n) is 7.55. The van der Waals surface area contributed by atoms with Crippen molar-refractivity contribution in [3.63, 3.8) is 0 Å². The summed E-state index contributed by atoms with van der Waals surface area (Å²) < 4.78 is 3.66. The Morgan fingerprint density at radius 2 is 1.93 bits per heavy atom. The second-order valence-electron chi connectivity index (χ2n) is 3.00. The third-order valence-electron chi connectivity index (χ3n) is 1.96. The maximum Gasteiger partial charge on any atom is 0.0893 e. The van der Waals surface area contributed by atoms with Gasteiger partial charge in [0.15, 0.2) is 0 Å². The Morgan fingerprint density at radius 3 is 2.36 bits per heavy atom. The van der Waals surface area contributed by atoms with Gasteiger partial charge >= 0.3 is 0 Å². The lowest BCUT2D eigenvalue weighted by Crippen LogP contribution is -2.54. The Labute approximate surface area is 85.4 Å². The average Bonchev–Trinajstić information content (AvgIpc) is 2.74. The summed E-state index contributed by atoms with van der Waals surface area (Å²) >= 11 is 1.22. The molecular formula is C7H13N3O3S. The molecule has 0 aliphatic heterocycles. The van der Waals surface area contributed by atoms with E-state index in [0.717, 1.165) is 5.69 Å². The van der Waals surface area contributed by atoms with Crippen LogP contribution in [0.3, 0.4) is 0 Å². The van der Waals surface area contributed by atoms with Crippen molar-refractivity contribution in [1.29, 1.82) is 0 Å². The maximum absolute atomic E-state index is 8.99. The van der Waals surface area contributed by atoms with Crippen LogP contribution in [0, 0.1) is 0 Å². The number of aromatic nitrogens is 2. The van der Waals surface area contributed by atoms with Crippen molar-refractivity contribution in [1.82, 2.24) is 14.9 Å². The van der Waals surface area contributed by atoms with Gasteiger partial charge < -0.3 is 15.3 Å². The number of hydrogen-bond acceptors (Lipinski definition) is 7. The van der Waals surface area contributed by atoms with Gasteiger partial charge in [-0.05, 0) is 11.5 Å². The molecule has 0 saturated carbocycles. The quantitative estimate of drug-likeness (QED) is 0.457. The lowest BCUT2D eigenvalue weighted by Gasteiger charge is -2.28. The third kappa shape index (κ3) is 2.69. The molecule has 0 bridgehead atoms. The van der Waals surface area contributed by atoms with Crippen molar-refractivity contribution >= 4 is 11.5 Å². The Morgan fingerprint density at radius 1 is 1.29 bits per heavy atom. The van der Waals surface area contributed by atoms with Crippen molar-refractivity contribution in [2.75, 3.05) is 19.8 Å². The van der Waals surface area contributed by atoms with Crippen LogP contribution in [0.2, 0.25) is 0 Å². The van der Waals surface area contributed by atoms with E-state index in [1.54, 1.807) is 5.38 Å². The fourth-order valence-corrected chi connectivity index (χ4v) is 1.31. The fourth-order valence-electron chi connectivity index (χ4n) is 0.857. The number of hydrogen-bond donors (Lipinski definition) is 4. The molecule has 0 atom stereocenters. The number of aliphatic hydroxyl groups is 3. The van der Waals surface area contributed by atoms with E-state index in [9.17, 15) is 0 Å². The zero-order chi connectivity index (χ0) is 10.4. The number of rotatable bonds is 6. The van der Waals surface area contributed by atoms with Crippen LogP contribution in [0.4, 0.5) is 0 Å². The molecule has 0 spiro atoms. The van der Waals surface area contributed by atoms with Gasteiger partial charge in [0.1, 0.15) is 0 Å². The van der Waals surface area contributed by atoms with Crippen LogP contribution in [0.1, 0.15) is 5.69 Å². The van der Waals surface area contributed by atoms with E-state index in [2.05, 4.69) is 14.9 Å². The van der Waals surface area contributed by atoms with Crippen molar-refractivity contribution in [2.45, 2.75) is 12.1 Å². The molecule has 6 nitrogen and oxygen atoms in total. The number of nitrogens with zero attached hydrogens (tertiary/aromatic N) is 2. The van der Waals surface area contributed by atoms with Crippen LogP contribution in [0.5, 0.6) is 0 Å². The molecule has 1 aromatic heterocycles. The van der Waals surface area contributed by atoms with Crippen molar-refractivity contribution in [3.8, 4) is 0 Å². The molecule has 0 unspecified atom stereocenters. The molecule has 0 amide bonds. The minimum Gasteiger partial charge on any atom is -0.394 e. The van der Waals surface area contributed by atoms with Crippen molar-refractivity contribution in [3.05, 3.63) is 11.1 Å². The lowest BCUT2D eigenvalue weighted by atomic mass is 10.0. The summed E-state index contributed by atoms with van der Waals surface area (Å²) in [5, 5.41) is 35.3. The first kappa shape index (κ1) is 11.5. The molecule has 1 aromatic rings. The molecule has 0 aliphatic carbocycles. The van der Waals surface area contributed by atoms with Crippen LogP contribution >= 0.6 is 11.5 Å². The summed E-state index contributed by atoms with van der Waals surface area (Å²) in [5.74, 6) is 0. The SMILES string of the molecule is OCC(CO)(CO)NCc1csnn1. The molecule has 14 heavy (non-hydrogen) atoms. The molecule has 1 heterocycles. The van der Waals surface area contributed by atoms with E-state index in [0.29, 0.717) is 6.54 Å². The molecule has 0 aromatic carbocycles. The Kier molecular flexibility index (Phi) is 4.36. The van der Waals surface area contributed by atoms with Crippen LogP contribution in [-0.2, 0) is 6.54 Å². The first-order chi connectivity index (χ1) is 6.76. The van der Waals surface area contributed by atoms with Gasteiger partial charge in [-0.1, -0.05) is 4.49 Å². The third-order valence-corrected chi connectivity index (χ3v) is 2.51. The Balaban J connectivity index is 2.48. The van der Waals surface area contributed by atoms with Gasteiger partial charge in [0.2, 0.25) is 0 Å². The van der Waals surface area contributed by atoms with Crippen molar-refractivity contribution < 1.29 is 15.3 Å². The highest BCUT2D eigenvalue weighted by Crippen LogP contribution is 2.04. The highest BCUT2D eigenvalue weighted by Gasteiger charge is 2.27. The topological polar surface area (TPSA) is 98.5 Å². The summed E-state index contributed by atoms with van der Waals surface area (Å²) in [6.07, 6.45) is 0. The molecule has 0 radical (unpaired) electrons. The predicted molar refractivity (Wildman–Crippen MR) is 50.7 cm³/mol. The highest BCUT2D eigenvalue weighted by molar-refractivity contribution is 7.03. The minimum atomic E-state index is -1.05. The second kappa shape index (κ2) is 5.32. The molecule has 4 N–H and O–H groups in total. The molecule has 0 fully saturated rings. The van der Waals surface area contributed by atoms with Crippen LogP contribution in [0.15, 0.2) is 5.38 Å². The average molecular weight is 219 g/mol. The largest absolute Gasteiger partial charge is 0.394 e. The van der Waals surface area contributed by atoms with Crippen LogP contribution in [-0.4, -0.2) is 50.3 Å². The molecule has 80 valence electrons. The Hall–Kier alpha value is -0.600. The summed E-state index contributed by atoms with van der Waals surface area (Å²) in [6, 6.07) is 0. The van der Waals surface area contributed by atoms with E-state index in [1.807, 2.05) is 0 Å². The van der Waals surface area contributed by atoms with Gasteiger partial charge in [0.05, 0.1) is 31.1 Å². The molecule has 1 rings (SSSR count). The first-order valence-electron chi connectivity index (χ1n) is 4.10. The molecule has 7 heteroatoms. The number of nitrogens with one attached hydrogen (secondary N) is 1. The van der Waals surface area contributed by atoms with E-state index >= 15 is 0 Å². The lowest BCUT2D eigenvalue weighted by molar-refractivity contribution is 0.0411. The van der Waals surface area contributed by atoms with E-state index in [-0.39, 0.29) is 19.8 Å². The van der Waals surface area contributed by atoms with E-state index in [1.165, 1.54) is 11.5 Å². The van der Waals surface area contributed by atoms with E-state index in [4.69, 9.17) is 15.3 Å². The highest BCUT2D eigenvalue weighted by atomic mass is 32.1. The summed E-state index contributed by atoms with van der Waals surface area (Å²) in [4.78, 5) is 0. The summed E-state index contributed by atoms with van der Waals surface area (Å²) in [7, 11) is 0. The number of aliphatic hydroxyl groups excluding tert-OH is 3. The standard InChI is InChI=1S/C7H13N3O3S/c11-3-7(4-12,5-13)8-1-6-2-14-10-9-6/h2,8,11-13H,1,3-5H2. The Bertz CT molecular complexity index is 242. The van der Waals surface area contributed by atoms with Gasteiger partial charge in [0.25, 0.3) is 0 Å². The smallest absolute Gasteiger partial charge is 0.0893 e. The van der Waals surface area contributed by atoms with Gasteiger partial charge in [-0.25, -0.2) is 0 Å². The van der Waals surface area contributed by atoms with E-state index < -0.39 is 5.54 Å². The monoisotopic (exact) mass is 219 g/mol. The maximum atomic E-state index is 8.99. The first-order valence-corrected chi connectivity index (χ1v) is 4.93. The fraction of sp³-hybridized carbons (Fsp3) is 0.714. The van der Waals surface area contributed by atoms with Gasteiger partial charge in [-0.2, -0.15) is 0 Å². The second-order valence-corrected chi connectivity index (χ2v) is 3.61. The summed E-state index contributed by atoms with van der Waals surface area (Å²) in [6.45, 7) is -0.648. The van der Waals surface area contributed by atoms with Crippen molar-refractivity contribution in [2.24, 2.45) is 0 Å². The normalized spacial score (nSPS) is 11.9. The van der Waals surface area contributed by atoms with Gasteiger partial charge in [-0.15, -0.1) is 5.10 Å². The van der Waals surface area contributed by atoms with Gasteiger partial charge in [-0.3, -0.25) is 5.32 Å². The minimum absolute atomic E-state index is 0.336. The zero-order valence-corrected chi connectivity index (χ0v) is 8.37. The summed E-state index contributed by atoms with van der Waals surface area (Å²) in [5.41, 5.74) is -0.335. The molecular weight excluding hydrogens is 206 g/mol. The van der Waals surface area contributed by atoms with Crippen LogP contribution < -0.4 is 5.32 Å².